The van der Waals surface area contributed by atoms with Crippen molar-refractivity contribution in [2.75, 3.05) is 26.1 Å². The Kier molecular flexibility index (Phi) is 8.39. The van der Waals surface area contributed by atoms with Crippen molar-refractivity contribution in [1.82, 2.24) is 9.97 Å². The van der Waals surface area contributed by atoms with Gasteiger partial charge >= 0.3 is 0 Å². The van der Waals surface area contributed by atoms with Crippen molar-refractivity contribution in [1.29, 1.82) is 0 Å². The average Bonchev–Trinajstić information content (AvgIpc) is 2.91. The Morgan fingerprint density at radius 1 is 1.11 bits per heavy atom. The Bertz CT molecular complexity index is 1510. The average molecular weight is 552 g/mol. The van der Waals surface area contributed by atoms with Gasteiger partial charge in [-0.2, -0.15) is 0 Å². The van der Waals surface area contributed by atoms with Crippen LogP contribution >= 0.6 is 23.2 Å². The molecule has 0 fully saturated rings. The van der Waals surface area contributed by atoms with E-state index in [-0.39, 0.29) is 12.2 Å². The third-order valence-corrected chi connectivity index (χ3v) is 6.75. The molecule has 38 heavy (non-hydrogen) atoms. The largest absolute Gasteiger partial charge is 0.495 e. The Morgan fingerprint density at radius 2 is 1.82 bits per heavy atom. The smallest absolute Gasteiger partial charge is 0.222 e. The molecular weight excluding hydrogens is 525 g/mol. The number of aryl methyl sites for hydroxylation is 1. The van der Waals surface area contributed by atoms with Gasteiger partial charge in [-0.1, -0.05) is 48.0 Å². The first-order valence-electron chi connectivity index (χ1n) is 11.9. The lowest BCUT2D eigenvalue weighted by molar-refractivity contribution is -0.114. The number of pyridine rings is 2. The predicted molar refractivity (Wildman–Crippen MR) is 153 cm³/mol. The second-order valence-electron chi connectivity index (χ2n) is 8.40. The monoisotopic (exact) mass is 551 g/mol. The number of ether oxygens (including phenoxy) is 3. The summed E-state index contributed by atoms with van der Waals surface area (Å²) in [5.41, 5.74) is 3.60. The van der Waals surface area contributed by atoms with Crippen molar-refractivity contribution < 1.29 is 19.0 Å². The third-order valence-electron chi connectivity index (χ3n) is 5.99. The van der Waals surface area contributed by atoms with Gasteiger partial charge in [-0.05, 0) is 43.2 Å². The molecule has 4 rings (SSSR count). The number of para-hydroxylation sites is 1. The van der Waals surface area contributed by atoms with Crippen LogP contribution in [0.15, 0.2) is 55.3 Å². The van der Waals surface area contributed by atoms with Gasteiger partial charge in [-0.25, -0.2) is 9.97 Å². The van der Waals surface area contributed by atoms with Gasteiger partial charge < -0.3 is 19.5 Å². The number of rotatable bonds is 10. The van der Waals surface area contributed by atoms with E-state index < -0.39 is 0 Å². The number of aromatic nitrogens is 2. The zero-order valence-corrected chi connectivity index (χ0v) is 23.0. The van der Waals surface area contributed by atoms with Crippen LogP contribution in [0.1, 0.15) is 18.1 Å². The van der Waals surface area contributed by atoms with Gasteiger partial charge in [0.05, 0.1) is 36.6 Å². The van der Waals surface area contributed by atoms with Crippen molar-refractivity contribution >= 4 is 51.3 Å². The maximum atomic E-state index is 12.0. The van der Waals surface area contributed by atoms with Crippen molar-refractivity contribution in [3.8, 4) is 28.6 Å². The number of allylic oxidation sites excluding steroid dienone is 1. The highest BCUT2D eigenvalue weighted by molar-refractivity contribution is 6.41. The molecule has 0 saturated heterocycles. The molecule has 2 aromatic heterocycles. The van der Waals surface area contributed by atoms with Gasteiger partial charge in [-0.15, -0.1) is 0 Å². The summed E-state index contributed by atoms with van der Waals surface area (Å²) >= 11 is 13.3. The summed E-state index contributed by atoms with van der Waals surface area (Å²) in [6.45, 7) is 7.83. The SMILES string of the molecule is C=CC(=O)Cc1cccc(C)c1Nc1cc2c(OCC)nc(-c3c(Cl)c(OC)cc(OC)c3Cl)cc2cn1. The Balaban J connectivity index is 1.83. The first-order valence-corrected chi connectivity index (χ1v) is 12.6. The quantitative estimate of drug-likeness (QED) is 0.206. The molecule has 0 bridgehead atoms. The highest BCUT2D eigenvalue weighted by Crippen LogP contribution is 2.46. The van der Waals surface area contributed by atoms with E-state index >= 15 is 0 Å². The van der Waals surface area contributed by atoms with E-state index in [1.54, 1.807) is 12.3 Å². The molecule has 2 heterocycles. The van der Waals surface area contributed by atoms with Crippen LogP contribution < -0.4 is 19.5 Å². The van der Waals surface area contributed by atoms with Crippen molar-refractivity contribution in [2.45, 2.75) is 20.3 Å². The van der Waals surface area contributed by atoms with Crippen LogP contribution in [-0.2, 0) is 11.2 Å². The fourth-order valence-electron chi connectivity index (χ4n) is 4.11. The van der Waals surface area contributed by atoms with E-state index in [2.05, 4.69) is 16.9 Å². The fourth-order valence-corrected chi connectivity index (χ4v) is 4.81. The molecule has 7 nitrogen and oxygen atoms in total. The molecule has 2 aromatic carbocycles. The maximum absolute atomic E-state index is 12.0. The van der Waals surface area contributed by atoms with E-state index in [0.29, 0.717) is 51.1 Å². The lowest BCUT2D eigenvalue weighted by Crippen LogP contribution is -2.05. The number of anilines is 2. The molecule has 0 aliphatic carbocycles. The number of carbonyl (C=O) groups is 1. The van der Waals surface area contributed by atoms with Crippen LogP contribution in [0.3, 0.4) is 0 Å². The summed E-state index contributed by atoms with van der Waals surface area (Å²) in [6, 6.07) is 11.1. The fraction of sp³-hybridized carbons (Fsp3) is 0.207. The van der Waals surface area contributed by atoms with Crippen LogP contribution in [0.25, 0.3) is 22.0 Å². The summed E-state index contributed by atoms with van der Waals surface area (Å²) in [7, 11) is 3.03. The Hall–Kier alpha value is -3.81. The topological polar surface area (TPSA) is 82.6 Å². The number of halogens is 2. The molecule has 9 heteroatoms. The van der Waals surface area contributed by atoms with Gasteiger partial charge in [0, 0.05) is 40.7 Å². The van der Waals surface area contributed by atoms with Crippen molar-refractivity contribution in [3.05, 3.63) is 76.4 Å². The van der Waals surface area contributed by atoms with E-state index in [9.17, 15) is 4.79 Å². The zero-order valence-electron chi connectivity index (χ0n) is 21.5. The minimum absolute atomic E-state index is 0.0630. The summed E-state index contributed by atoms with van der Waals surface area (Å²) in [5.74, 6) is 1.72. The lowest BCUT2D eigenvalue weighted by atomic mass is 10.0. The Morgan fingerprint density at radius 3 is 2.45 bits per heavy atom. The molecule has 0 spiro atoms. The highest BCUT2D eigenvalue weighted by Gasteiger charge is 2.22. The summed E-state index contributed by atoms with van der Waals surface area (Å²) in [6.07, 6.45) is 3.29. The molecular formula is C29H27Cl2N3O4. The summed E-state index contributed by atoms with van der Waals surface area (Å²) < 4.78 is 16.8. The standard InChI is InChI=1S/C29H27Cl2N3O4/c1-6-19(35)11-17-10-8-9-16(3)28(17)34-24-13-20-18(15-32-24)12-21(33-29(20)38-7-2)25-26(30)22(36-4)14-23(37-5)27(25)31/h6,8-10,12-15H,1,7,11H2,2-5H3,(H,32,34). The first-order chi connectivity index (χ1) is 18.3. The number of fused-ring (bicyclic) bond motifs is 1. The number of nitrogens with zero attached hydrogens (tertiary/aromatic N) is 2. The predicted octanol–water partition coefficient (Wildman–Crippen LogP) is 7.37. The van der Waals surface area contributed by atoms with Crippen molar-refractivity contribution in [2.24, 2.45) is 0 Å². The molecule has 0 unspecified atom stereocenters. The first kappa shape index (κ1) is 27.2. The molecule has 1 N–H and O–H groups in total. The van der Waals surface area contributed by atoms with Gasteiger partial charge in [0.1, 0.15) is 17.3 Å². The molecule has 0 radical (unpaired) electrons. The minimum atomic E-state index is -0.0630. The molecule has 0 aliphatic rings. The summed E-state index contributed by atoms with van der Waals surface area (Å²) in [4.78, 5) is 21.4. The second kappa shape index (κ2) is 11.7. The third kappa shape index (κ3) is 5.39. The number of hydrogen-bond acceptors (Lipinski definition) is 7. The molecule has 0 atom stereocenters. The second-order valence-corrected chi connectivity index (χ2v) is 9.16. The molecule has 4 aromatic rings. The number of hydrogen-bond donors (Lipinski definition) is 1. The van der Waals surface area contributed by atoms with Crippen LogP contribution in [0, 0.1) is 6.92 Å². The van der Waals surface area contributed by atoms with E-state index in [4.69, 9.17) is 42.4 Å². The van der Waals surface area contributed by atoms with E-state index in [1.165, 1.54) is 20.3 Å². The summed E-state index contributed by atoms with van der Waals surface area (Å²) in [5, 5.41) is 5.49. The normalized spacial score (nSPS) is 10.8. The van der Waals surface area contributed by atoms with Gasteiger partial charge in [0.25, 0.3) is 0 Å². The highest BCUT2D eigenvalue weighted by atomic mass is 35.5. The zero-order chi connectivity index (χ0) is 27.4. The van der Waals surface area contributed by atoms with Crippen LogP contribution in [0.4, 0.5) is 11.5 Å². The lowest BCUT2D eigenvalue weighted by Gasteiger charge is -2.17. The van der Waals surface area contributed by atoms with Crippen LogP contribution in [-0.4, -0.2) is 36.6 Å². The molecule has 0 saturated carbocycles. The van der Waals surface area contributed by atoms with Gasteiger partial charge in [0.2, 0.25) is 5.88 Å². The van der Waals surface area contributed by atoms with E-state index in [1.807, 2.05) is 44.2 Å². The van der Waals surface area contributed by atoms with E-state index in [0.717, 1.165) is 27.6 Å². The number of carbonyl (C=O) groups excluding carboxylic acids is 1. The van der Waals surface area contributed by atoms with Gasteiger partial charge in [-0.3, -0.25) is 4.79 Å². The minimum Gasteiger partial charge on any atom is -0.495 e. The van der Waals surface area contributed by atoms with Crippen LogP contribution in [0.2, 0.25) is 10.0 Å². The maximum Gasteiger partial charge on any atom is 0.222 e. The number of benzene rings is 2. The molecule has 0 aliphatic heterocycles. The van der Waals surface area contributed by atoms with Gasteiger partial charge in [0.15, 0.2) is 5.78 Å². The van der Waals surface area contributed by atoms with Crippen molar-refractivity contribution in [3.63, 3.8) is 0 Å². The number of ketones is 1. The number of methoxy groups -OCH3 is 2. The Labute approximate surface area is 231 Å². The number of nitrogens with one attached hydrogen (secondary N) is 1. The molecule has 196 valence electrons. The molecule has 0 amide bonds. The van der Waals surface area contributed by atoms with Crippen LogP contribution in [0.5, 0.6) is 17.4 Å².